The third-order valence-electron chi connectivity index (χ3n) is 2.48. The monoisotopic (exact) mass is 215 g/mol. The van der Waals surface area contributed by atoms with E-state index in [4.69, 9.17) is 5.11 Å². The zero-order valence-corrected chi connectivity index (χ0v) is 9.33. The first-order valence-corrected chi connectivity index (χ1v) is 5.55. The SMILES string of the molecule is C[C@@H](CO)NC(=O)CN1CCCNCC1. The van der Waals surface area contributed by atoms with E-state index in [9.17, 15) is 4.79 Å². The van der Waals surface area contributed by atoms with Gasteiger partial charge in [0.25, 0.3) is 0 Å². The number of nitrogens with zero attached hydrogens (tertiary/aromatic N) is 1. The van der Waals surface area contributed by atoms with Gasteiger partial charge < -0.3 is 15.7 Å². The Hall–Kier alpha value is -0.650. The van der Waals surface area contributed by atoms with Crippen molar-refractivity contribution in [2.45, 2.75) is 19.4 Å². The van der Waals surface area contributed by atoms with Gasteiger partial charge in [-0.2, -0.15) is 0 Å². The summed E-state index contributed by atoms with van der Waals surface area (Å²) >= 11 is 0. The summed E-state index contributed by atoms with van der Waals surface area (Å²) in [5.41, 5.74) is 0. The Bertz CT molecular complexity index is 191. The summed E-state index contributed by atoms with van der Waals surface area (Å²) in [6, 6.07) is -0.150. The first-order chi connectivity index (χ1) is 7.22. The maximum atomic E-state index is 11.5. The van der Waals surface area contributed by atoms with E-state index in [2.05, 4.69) is 15.5 Å². The standard InChI is InChI=1S/C10H21N3O2/c1-9(8-14)12-10(15)7-13-5-2-3-11-4-6-13/h9,11,14H,2-8H2,1H3,(H,12,15)/t9-/m0/s1. The molecule has 0 saturated carbocycles. The topological polar surface area (TPSA) is 64.6 Å². The number of aliphatic hydroxyl groups is 1. The summed E-state index contributed by atoms with van der Waals surface area (Å²) in [5, 5.41) is 14.8. The average molecular weight is 215 g/mol. The highest BCUT2D eigenvalue weighted by atomic mass is 16.3. The number of hydrogen-bond donors (Lipinski definition) is 3. The van der Waals surface area contributed by atoms with Crippen molar-refractivity contribution in [3.8, 4) is 0 Å². The molecular formula is C10H21N3O2. The second-order valence-electron chi connectivity index (χ2n) is 4.03. The van der Waals surface area contributed by atoms with E-state index in [0.29, 0.717) is 6.54 Å². The Kier molecular flexibility index (Phi) is 5.60. The number of hydrogen-bond acceptors (Lipinski definition) is 4. The van der Waals surface area contributed by atoms with E-state index in [-0.39, 0.29) is 18.6 Å². The Morgan fingerprint density at radius 2 is 2.33 bits per heavy atom. The fourth-order valence-electron chi connectivity index (χ4n) is 1.63. The fourth-order valence-corrected chi connectivity index (χ4v) is 1.63. The molecule has 0 bridgehead atoms. The van der Waals surface area contributed by atoms with Crippen molar-refractivity contribution < 1.29 is 9.90 Å². The summed E-state index contributed by atoms with van der Waals surface area (Å²) < 4.78 is 0. The van der Waals surface area contributed by atoms with Crippen molar-refractivity contribution in [1.82, 2.24) is 15.5 Å². The fraction of sp³-hybridized carbons (Fsp3) is 0.900. The highest BCUT2D eigenvalue weighted by Crippen LogP contribution is 1.94. The summed E-state index contributed by atoms with van der Waals surface area (Å²) in [4.78, 5) is 13.6. The molecule has 1 saturated heterocycles. The van der Waals surface area contributed by atoms with Crippen LogP contribution in [0, 0.1) is 0 Å². The molecule has 1 aliphatic heterocycles. The van der Waals surface area contributed by atoms with Gasteiger partial charge in [0.15, 0.2) is 0 Å². The molecule has 0 radical (unpaired) electrons. The lowest BCUT2D eigenvalue weighted by molar-refractivity contribution is -0.123. The molecule has 1 fully saturated rings. The van der Waals surface area contributed by atoms with Gasteiger partial charge in [0.1, 0.15) is 0 Å². The largest absolute Gasteiger partial charge is 0.394 e. The molecule has 1 amide bonds. The molecule has 0 spiro atoms. The van der Waals surface area contributed by atoms with E-state index in [1.165, 1.54) is 0 Å². The molecule has 1 atom stereocenters. The van der Waals surface area contributed by atoms with E-state index < -0.39 is 0 Å². The normalized spacial score (nSPS) is 20.7. The lowest BCUT2D eigenvalue weighted by Crippen LogP contribution is -2.43. The van der Waals surface area contributed by atoms with Crippen LogP contribution in [0.3, 0.4) is 0 Å². The van der Waals surface area contributed by atoms with E-state index in [0.717, 1.165) is 32.6 Å². The minimum atomic E-state index is -0.150. The van der Waals surface area contributed by atoms with Crippen LogP contribution in [-0.4, -0.2) is 61.3 Å². The van der Waals surface area contributed by atoms with E-state index >= 15 is 0 Å². The molecule has 3 N–H and O–H groups in total. The molecule has 15 heavy (non-hydrogen) atoms. The Balaban J connectivity index is 2.23. The van der Waals surface area contributed by atoms with Gasteiger partial charge in [0, 0.05) is 19.1 Å². The second-order valence-corrected chi connectivity index (χ2v) is 4.03. The maximum Gasteiger partial charge on any atom is 0.234 e. The summed E-state index contributed by atoms with van der Waals surface area (Å²) in [7, 11) is 0. The molecule has 5 nitrogen and oxygen atoms in total. The quantitative estimate of drug-likeness (QED) is 0.550. The van der Waals surface area contributed by atoms with Gasteiger partial charge in [-0.3, -0.25) is 9.69 Å². The third kappa shape index (κ3) is 5.11. The molecule has 88 valence electrons. The third-order valence-corrected chi connectivity index (χ3v) is 2.48. The number of carbonyl (C=O) groups excluding carboxylic acids is 1. The number of rotatable bonds is 4. The zero-order valence-electron chi connectivity index (χ0n) is 9.33. The van der Waals surface area contributed by atoms with Crippen LogP contribution in [0.4, 0.5) is 0 Å². The smallest absolute Gasteiger partial charge is 0.234 e. The summed E-state index contributed by atoms with van der Waals surface area (Å²) in [6.07, 6.45) is 1.09. The lowest BCUT2D eigenvalue weighted by Gasteiger charge is -2.20. The maximum absolute atomic E-state index is 11.5. The average Bonchev–Trinajstić information content (AvgIpc) is 2.46. The molecule has 0 unspecified atom stereocenters. The molecular weight excluding hydrogens is 194 g/mol. The Labute approximate surface area is 90.8 Å². The van der Waals surface area contributed by atoms with Crippen molar-refractivity contribution in [2.24, 2.45) is 0 Å². The summed E-state index contributed by atoms with van der Waals surface area (Å²) in [5.74, 6) is -0.00144. The van der Waals surface area contributed by atoms with Crippen LogP contribution in [0.25, 0.3) is 0 Å². The van der Waals surface area contributed by atoms with Crippen molar-refractivity contribution in [3.05, 3.63) is 0 Å². The first kappa shape index (κ1) is 12.4. The van der Waals surface area contributed by atoms with Crippen molar-refractivity contribution in [3.63, 3.8) is 0 Å². The van der Waals surface area contributed by atoms with E-state index in [1.807, 2.05) is 0 Å². The van der Waals surface area contributed by atoms with Gasteiger partial charge in [-0.15, -0.1) is 0 Å². The molecule has 1 aliphatic rings. The molecule has 0 aromatic carbocycles. The molecule has 0 aromatic heterocycles. The number of amides is 1. The minimum absolute atomic E-state index is 0.00144. The van der Waals surface area contributed by atoms with Crippen LogP contribution < -0.4 is 10.6 Å². The molecule has 1 rings (SSSR count). The Morgan fingerprint density at radius 1 is 1.53 bits per heavy atom. The van der Waals surface area contributed by atoms with Crippen molar-refractivity contribution >= 4 is 5.91 Å². The summed E-state index contributed by atoms with van der Waals surface area (Å²) in [6.45, 7) is 6.09. The van der Waals surface area contributed by atoms with Gasteiger partial charge in [-0.25, -0.2) is 0 Å². The van der Waals surface area contributed by atoms with Crippen LogP contribution in [0.5, 0.6) is 0 Å². The number of nitrogens with one attached hydrogen (secondary N) is 2. The van der Waals surface area contributed by atoms with Crippen LogP contribution in [0.15, 0.2) is 0 Å². The number of aliphatic hydroxyl groups excluding tert-OH is 1. The van der Waals surface area contributed by atoms with Gasteiger partial charge in [-0.1, -0.05) is 0 Å². The Morgan fingerprint density at radius 3 is 3.07 bits per heavy atom. The van der Waals surface area contributed by atoms with Crippen LogP contribution in [0.1, 0.15) is 13.3 Å². The second kappa shape index (κ2) is 6.76. The molecule has 0 aliphatic carbocycles. The zero-order chi connectivity index (χ0) is 11.1. The predicted octanol–water partition coefficient (Wildman–Crippen LogP) is -1.22. The van der Waals surface area contributed by atoms with Gasteiger partial charge in [-0.05, 0) is 26.4 Å². The molecule has 1 heterocycles. The lowest BCUT2D eigenvalue weighted by atomic mass is 10.3. The highest BCUT2D eigenvalue weighted by molar-refractivity contribution is 5.78. The van der Waals surface area contributed by atoms with Gasteiger partial charge in [0.05, 0.1) is 13.2 Å². The minimum Gasteiger partial charge on any atom is -0.394 e. The van der Waals surface area contributed by atoms with Gasteiger partial charge >= 0.3 is 0 Å². The van der Waals surface area contributed by atoms with Gasteiger partial charge in [0.2, 0.25) is 5.91 Å². The van der Waals surface area contributed by atoms with Crippen LogP contribution in [0.2, 0.25) is 0 Å². The predicted molar refractivity (Wildman–Crippen MR) is 58.6 cm³/mol. The van der Waals surface area contributed by atoms with Crippen molar-refractivity contribution in [2.75, 3.05) is 39.3 Å². The highest BCUT2D eigenvalue weighted by Gasteiger charge is 2.13. The molecule has 0 aromatic rings. The van der Waals surface area contributed by atoms with Crippen molar-refractivity contribution in [1.29, 1.82) is 0 Å². The molecule has 5 heteroatoms. The van der Waals surface area contributed by atoms with Crippen LogP contribution in [-0.2, 0) is 4.79 Å². The van der Waals surface area contributed by atoms with Crippen LogP contribution >= 0.6 is 0 Å². The first-order valence-electron chi connectivity index (χ1n) is 5.55. The van der Waals surface area contributed by atoms with E-state index in [1.54, 1.807) is 6.92 Å². The number of carbonyl (C=O) groups is 1.